The van der Waals surface area contributed by atoms with Crippen molar-refractivity contribution < 1.29 is 4.79 Å². The highest BCUT2D eigenvalue weighted by Crippen LogP contribution is 2.38. The Hall–Kier alpha value is -0.480. The Bertz CT molecular complexity index is 230. The lowest BCUT2D eigenvalue weighted by Crippen LogP contribution is -2.35. The minimum Gasteiger partial charge on any atom is -0.354 e. The van der Waals surface area contributed by atoms with E-state index in [0.29, 0.717) is 12.5 Å². The summed E-state index contributed by atoms with van der Waals surface area (Å²) in [5, 5.41) is 6.85. The van der Waals surface area contributed by atoms with Crippen molar-refractivity contribution in [3.8, 4) is 0 Å². The number of hydrogen-bond donors (Lipinski definition) is 2. The number of piperidine rings is 1. The maximum Gasteiger partial charge on any atom is 0.207 e. The van der Waals surface area contributed by atoms with Gasteiger partial charge in [-0.3, -0.25) is 4.79 Å². The van der Waals surface area contributed by atoms with E-state index in [4.69, 9.17) is 0 Å². The number of hydrogen-bond acceptors (Lipinski definition) is 3. The Labute approximate surface area is 82.3 Å². The van der Waals surface area contributed by atoms with Gasteiger partial charge in [0.2, 0.25) is 6.41 Å². The van der Waals surface area contributed by atoms with Gasteiger partial charge >= 0.3 is 0 Å². The number of carbonyl (C=O) groups excluding carboxylic acids is 1. The Morgan fingerprint density at radius 3 is 3.46 bits per heavy atom. The number of thioether (sulfide) groups is 1. The van der Waals surface area contributed by atoms with Gasteiger partial charge in [-0.15, -0.1) is 11.8 Å². The van der Waals surface area contributed by atoms with E-state index in [9.17, 15) is 4.79 Å². The van der Waals surface area contributed by atoms with Crippen molar-refractivity contribution in [2.45, 2.75) is 11.7 Å². The van der Waals surface area contributed by atoms with Crippen LogP contribution in [0.4, 0.5) is 0 Å². The van der Waals surface area contributed by atoms with E-state index >= 15 is 0 Å². The lowest BCUT2D eigenvalue weighted by atomic mass is 9.99. The van der Waals surface area contributed by atoms with Crippen molar-refractivity contribution in [2.75, 3.05) is 19.6 Å². The lowest BCUT2D eigenvalue weighted by Gasteiger charge is -2.24. The molecule has 2 aliphatic rings. The third-order valence-corrected chi connectivity index (χ3v) is 4.00. The van der Waals surface area contributed by atoms with E-state index in [1.165, 1.54) is 11.3 Å². The van der Waals surface area contributed by atoms with Gasteiger partial charge in [0.1, 0.15) is 0 Å². The predicted octanol–water partition coefficient (Wildman–Crippen LogP) is 0.341. The van der Waals surface area contributed by atoms with Crippen molar-refractivity contribution in [1.29, 1.82) is 0 Å². The Morgan fingerprint density at radius 1 is 1.77 bits per heavy atom. The highest BCUT2D eigenvalue weighted by molar-refractivity contribution is 8.04. The van der Waals surface area contributed by atoms with Crippen LogP contribution in [0.25, 0.3) is 0 Å². The van der Waals surface area contributed by atoms with Crippen LogP contribution in [0.1, 0.15) is 6.42 Å². The molecule has 0 spiro atoms. The van der Waals surface area contributed by atoms with Gasteiger partial charge in [-0.05, 0) is 13.0 Å². The minimum absolute atomic E-state index is 0.683. The van der Waals surface area contributed by atoms with Gasteiger partial charge in [-0.1, -0.05) is 6.08 Å². The van der Waals surface area contributed by atoms with Crippen LogP contribution < -0.4 is 10.6 Å². The van der Waals surface area contributed by atoms with Crippen molar-refractivity contribution in [1.82, 2.24) is 10.6 Å². The summed E-state index contributed by atoms with van der Waals surface area (Å²) in [5.74, 6) is 0.683. The number of amides is 1. The van der Waals surface area contributed by atoms with Gasteiger partial charge in [0.25, 0.3) is 0 Å². The van der Waals surface area contributed by atoms with Gasteiger partial charge in [0, 0.05) is 29.2 Å². The summed E-state index contributed by atoms with van der Waals surface area (Å²) in [6.07, 6.45) is 4.32. The number of carbonyl (C=O) groups is 1. The third kappa shape index (κ3) is 2.06. The number of rotatable bonds is 3. The molecule has 0 bridgehead atoms. The topological polar surface area (TPSA) is 41.1 Å². The first kappa shape index (κ1) is 9.09. The monoisotopic (exact) mass is 198 g/mol. The molecule has 72 valence electrons. The SMILES string of the molecule is O=CNCC1=CC2CNCCC2S1. The molecular weight excluding hydrogens is 184 g/mol. The second-order valence-corrected chi connectivity index (χ2v) is 4.81. The van der Waals surface area contributed by atoms with Crippen LogP contribution in [0, 0.1) is 5.92 Å². The molecule has 3 nitrogen and oxygen atoms in total. The summed E-state index contributed by atoms with van der Waals surface area (Å²) in [6, 6.07) is 0. The van der Waals surface area contributed by atoms with Crippen LogP contribution in [0.15, 0.2) is 11.0 Å². The number of nitrogens with one attached hydrogen (secondary N) is 2. The van der Waals surface area contributed by atoms with Crippen LogP contribution in [0.3, 0.4) is 0 Å². The van der Waals surface area contributed by atoms with E-state index in [0.717, 1.165) is 24.7 Å². The molecule has 0 radical (unpaired) electrons. The lowest BCUT2D eigenvalue weighted by molar-refractivity contribution is -0.109. The van der Waals surface area contributed by atoms with Gasteiger partial charge in [0.05, 0.1) is 0 Å². The van der Waals surface area contributed by atoms with Crippen LogP contribution in [0.2, 0.25) is 0 Å². The standard InChI is InChI=1S/C9H14N2OS/c12-6-11-5-8-3-7-4-10-2-1-9(7)13-8/h3,6-7,9-10H,1-2,4-5H2,(H,11,12). The van der Waals surface area contributed by atoms with E-state index in [1.54, 1.807) is 0 Å². The van der Waals surface area contributed by atoms with Crippen LogP contribution in [-0.2, 0) is 4.79 Å². The molecule has 2 unspecified atom stereocenters. The zero-order valence-corrected chi connectivity index (χ0v) is 8.27. The average Bonchev–Trinajstić information content (AvgIpc) is 2.57. The summed E-state index contributed by atoms with van der Waals surface area (Å²) in [5.41, 5.74) is 0. The van der Waals surface area contributed by atoms with Crippen molar-refractivity contribution >= 4 is 18.2 Å². The summed E-state index contributed by atoms with van der Waals surface area (Å²) < 4.78 is 0. The highest BCUT2D eigenvalue weighted by atomic mass is 32.2. The van der Waals surface area contributed by atoms with Gasteiger partial charge in [-0.2, -0.15) is 0 Å². The first-order valence-electron chi connectivity index (χ1n) is 4.65. The molecule has 0 saturated carbocycles. The highest BCUT2D eigenvalue weighted by Gasteiger charge is 2.29. The van der Waals surface area contributed by atoms with Crippen molar-refractivity contribution in [3.05, 3.63) is 11.0 Å². The maximum absolute atomic E-state index is 10.1. The molecule has 1 saturated heterocycles. The van der Waals surface area contributed by atoms with Crippen LogP contribution in [0.5, 0.6) is 0 Å². The summed E-state index contributed by atoms with van der Waals surface area (Å²) in [6.45, 7) is 2.94. The molecule has 1 fully saturated rings. The fourth-order valence-electron chi connectivity index (χ4n) is 1.89. The largest absolute Gasteiger partial charge is 0.354 e. The molecule has 2 atom stereocenters. The van der Waals surface area contributed by atoms with E-state index in [-0.39, 0.29) is 0 Å². The van der Waals surface area contributed by atoms with Crippen LogP contribution in [-0.4, -0.2) is 31.3 Å². The molecule has 0 aromatic carbocycles. The normalized spacial score (nSPS) is 32.2. The molecule has 2 heterocycles. The summed E-state index contributed by atoms with van der Waals surface area (Å²) in [4.78, 5) is 11.4. The zero-order valence-electron chi connectivity index (χ0n) is 7.45. The fourth-order valence-corrected chi connectivity index (χ4v) is 3.28. The Morgan fingerprint density at radius 2 is 2.69 bits per heavy atom. The van der Waals surface area contributed by atoms with Gasteiger partial charge < -0.3 is 10.6 Å². The third-order valence-electron chi connectivity index (χ3n) is 2.53. The first-order chi connectivity index (χ1) is 6.40. The van der Waals surface area contributed by atoms with Crippen molar-refractivity contribution in [3.63, 3.8) is 0 Å². The Balaban J connectivity index is 1.89. The second kappa shape index (κ2) is 4.15. The fraction of sp³-hybridized carbons (Fsp3) is 0.667. The molecule has 2 N–H and O–H groups in total. The molecule has 0 aromatic rings. The molecule has 0 aromatic heterocycles. The maximum atomic E-state index is 10.1. The van der Waals surface area contributed by atoms with Crippen LogP contribution >= 0.6 is 11.8 Å². The van der Waals surface area contributed by atoms with Gasteiger partial charge in [0.15, 0.2) is 0 Å². The molecule has 0 aliphatic carbocycles. The Kier molecular flexibility index (Phi) is 2.90. The summed E-state index contributed by atoms with van der Waals surface area (Å²) in [7, 11) is 0. The van der Waals surface area contributed by atoms with E-state index < -0.39 is 0 Å². The molecule has 13 heavy (non-hydrogen) atoms. The minimum atomic E-state index is 0.683. The smallest absolute Gasteiger partial charge is 0.207 e. The molecule has 2 rings (SSSR count). The summed E-state index contributed by atoms with van der Waals surface area (Å²) >= 11 is 1.93. The zero-order chi connectivity index (χ0) is 9.10. The molecule has 2 aliphatic heterocycles. The molecular formula is C9H14N2OS. The number of fused-ring (bicyclic) bond motifs is 1. The first-order valence-corrected chi connectivity index (χ1v) is 5.53. The van der Waals surface area contributed by atoms with Gasteiger partial charge in [-0.25, -0.2) is 0 Å². The molecule has 4 heteroatoms. The van der Waals surface area contributed by atoms with E-state index in [2.05, 4.69) is 16.7 Å². The van der Waals surface area contributed by atoms with Crippen molar-refractivity contribution in [2.24, 2.45) is 5.92 Å². The second-order valence-electron chi connectivity index (χ2n) is 3.44. The quantitative estimate of drug-likeness (QED) is 0.643. The average molecular weight is 198 g/mol. The molecule has 1 amide bonds. The predicted molar refractivity (Wildman–Crippen MR) is 54.5 cm³/mol. The van der Waals surface area contributed by atoms with E-state index in [1.807, 2.05) is 11.8 Å².